The fraction of sp³-hybridized carbons (Fsp3) is 0.348. The van der Waals surface area contributed by atoms with Crippen LogP contribution in [0.25, 0.3) is 11.1 Å². The molecule has 1 saturated heterocycles. The molecule has 0 radical (unpaired) electrons. The molecule has 2 aromatic carbocycles. The van der Waals surface area contributed by atoms with Gasteiger partial charge in [-0.3, -0.25) is 21.8 Å². The molecule has 14 heteroatoms. The highest BCUT2D eigenvalue weighted by Crippen LogP contribution is 2.40. The van der Waals surface area contributed by atoms with Gasteiger partial charge in [-0.15, -0.1) is 0 Å². The number of aliphatic hydroxyl groups is 3. The number of nitrogens with two attached hydrogens (primary N) is 2. The van der Waals surface area contributed by atoms with Crippen molar-refractivity contribution in [3.05, 3.63) is 59.7 Å². The van der Waals surface area contributed by atoms with Gasteiger partial charge < -0.3 is 20.1 Å². The fourth-order valence-electron chi connectivity index (χ4n) is 5.30. The summed E-state index contributed by atoms with van der Waals surface area (Å²) in [5.41, 5.74) is 9.54. The van der Waals surface area contributed by atoms with Gasteiger partial charge in [0, 0.05) is 0 Å². The van der Waals surface area contributed by atoms with Crippen LogP contribution in [0.2, 0.25) is 0 Å². The van der Waals surface area contributed by atoms with E-state index in [1.165, 1.54) is 47.0 Å². The lowest BCUT2D eigenvalue weighted by Crippen LogP contribution is -2.91. The van der Waals surface area contributed by atoms with Crippen LogP contribution in [0.1, 0.15) is 15.9 Å². The minimum Gasteiger partial charge on any atom is -0.449 e. The minimum absolute atomic E-state index is 0.000807. The number of rotatable bonds is 4. The molecular formula is C23H25F3N6O5+2. The van der Waals surface area contributed by atoms with Gasteiger partial charge in [-0.1, -0.05) is 30.3 Å². The summed E-state index contributed by atoms with van der Waals surface area (Å²) in [5, 5.41) is 37.9. The maximum atomic E-state index is 13.4. The number of carbonyl (C=O) groups is 1. The zero-order valence-corrected chi connectivity index (χ0v) is 19.2. The zero-order valence-electron chi connectivity index (χ0n) is 19.2. The Morgan fingerprint density at radius 3 is 2.49 bits per heavy atom. The van der Waals surface area contributed by atoms with Crippen molar-refractivity contribution >= 4 is 17.9 Å². The average molecular weight is 522 g/mol. The molecule has 37 heavy (non-hydrogen) atoms. The molecule has 3 aliphatic rings. The van der Waals surface area contributed by atoms with Crippen LogP contribution in [-0.4, -0.2) is 80.6 Å². The molecule has 4 atom stereocenters. The van der Waals surface area contributed by atoms with Gasteiger partial charge in [0.05, 0.1) is 17.7 Å². The highest BCUT2D eigenvalue weighted by Gasteiger charge is 2.78. The second-order valence-corrected chi connectivity index (χ2v) is 9.10. The van der Waals surface area contributed by atoms with Gasteiger partial charge in [0.15, 0.2) is 12.1 Å². The third-order valence-corrected chi connectivity index (χ3v) is 7.01. The Bertz CT molecular complexity index is 1310. The lowest BCUT2D eigenvalue weighted by atomic mass is 9.86. The van der Waals surface area contributed by atoms with Crippen molar-refractivity contribution in [2.45, 2.75) is 35.8 Å². The highest BCUT2D eigenvalue weighted by atomic mass is 19.4. The summed E-state index contributed by atoms with van der Waals surface area (Å²) in [6, 6.07) is 8.69. The van der Waals surface area contributed by atoms with E-state index in [0.29, 0.717) is 0 Å². The van der Waals surface area contributed by atoms with E-state index in [-0.39, 0.29) is 35.2 Å². The number of hydrogen-bond donors (Lipinski definition) is 8. The van der Waals surface area contributed by atoms with Crippen LogP contribution in [0.3, 0.4) is 0 Å². The summed E-state index contributed by atoms with van der Waals surface area (Å²) in [5.74, 6) is -3.67. The van der Waals surface area contributed by atoms with E-state index in [1.54, 1.807) is 0 Å². The van der Waals surface area contributed by atoms with Crippen molar-refractivity contribution in [2.75, 3.05) is 13.2 Å². The number of benzene rings is 2. The molecule has 0 bridgehead atoms. The van der Waals surface area contributed by atoms with Crippen LogP contribution in [0.5, 0.6) is 0 Å². The monoisotopic (exact) mass is 522 g/mol. The Hall–Kier alpha value is -3.88. The van der Waals surface area contributed by atoms with E-state index in [4.69, 9.17) is 16.2 Å². The number of guanidine groups is 2. The van der Waals surface area contributed by atoms with Crippen LogP contribution in [-0.2, 0) is 10.9 Å². The van der Waals surface area contributed by atoms with Crippen LogP contribution < -0.4 is 27.1 Å². The Kier molecular flexibility index (Phi) is 5.58. The Morgan fingerprint density at radius 1 is 1.16 bits per heavy atom. The molecule has 0 unspecified atom stereocenters. The predicted octanol–water partition coefficient (Wildman–Crippen LogP) is -3.05. The molecule has 10 N–H and O–H groups in total. The number of alkyl halides is 3. The number of esters is 1. The number of halogens is 3. The molecule has 3 aliphatic heterocycles. The topological polar surface area (TPSA) is 180 Å². The average Bonchev–Trinajstić information content (AvgIpc) is 3.32. The first kappa shape index (κ1) is 24.8. The van der Waals surface area contributed by atoms with Crippen LogP contribution in [0.4, 0.5) is 13.2 Å². The van der Waals surface area contributed by atoms with E-state index in [0.717, 1.165) is 6.07 Å². The first-order valence-corrected chi connectivity index (χ1v) is 11.3. The summed E-state index contributed by atoms with van der Waals surface area (Å²) in [6.45, 7) is -0.668. The van der Waals surface area contributed by atoms with Gasteiger partial charge in [0.25, 0.3) is 5.79 Å². The lowest BCUT2D eigenvalue weighted by molar-refractivity contribution is -0.674. The SMILES string of the molecule is NC1=[NH+][C@H]2[C@H](CO)NC(N)=[N+]3C[C@H](OC(=O)c4ccc(-c5ccccc5C(F)(F)F)cc4)C(O)(O)[C@]23N1. The molecule has 2 aromatic rings. The number of nitrogens with one attached hydrogen (secondary N) is 3. The largest absolute Gasteiger partial charge is 0.449 e. The van der Waals surface area contributed by atoms with E-state index in [1.807, 2.05) is 0 Å². The Balaban J connectivity index is 1.41. The van der Waals surface area contributed by atoms with Crippen molar-refractivity contribution in [1.29, 1.82) is 0 Å². The summed E-state index contributed by atoms with van der Waals surface area (Å²) in [4.78, 5) is 15.8. The lowest BCUT2D eigenvalue weighted by Gasteiger charge is -2.40. The third kappa shape index (κ3) is 3.67. The summed E-state index contributed by atoms with van der Waals surface area (Å²) >= 11 is 0. The zero-order chi connectivity index (χ0) is 26.8. The first-order chi connectivity index (χ1) is 17.4. The van der Waals surface area contributed by atoms with Crippen molar-refractivity contribution in [2.24, 2.45) is 11.5 Å². The number of nitrogens with zero attached hydrogens (tertiary/aromatic N) is 1. The number of aliphatic hydroxyl groups excluding tert-OH is 1. The van der Waals surface area contributed by atoms with E-state index < -0.39 is 54.0 Å². The normalized spacial score (nSPS) is 28.1. The van der Waals surface area contributed by atoms with Gasteiger partial charge in [0.1, 0.15) is 12.6 Å². The molecule has 5 rings (SSSR count). The molecule has 0 amide bonds. The van der Waals surface area contributed by atoms with Crippen molar-refractivity contribution in [3.8, 4) is 11.1 Å². The fourth-order valence-corrected chi connectivity index (χ4v) is 5.30. The molecule has 196 valence electrons. The second-order valence-electron chi connectivity index (χ2n) is 9.10. The standard InChI is InChI=1S/C23H23F3N6O5/c24-23(25,26)14-4-2-1-3-13(14)11-5-7-12(8-6-11)18(34)37-16-9-32-20(28)29-15(10-33)17-21(32,22(16,35)36)31-19(27)30-17/h1-8,15-17,33,35-36H,9-10H2,(H5,27,28,29,30,31)/p+2/t15-,16-,17-,21-/m0/s1. The quantitative estimate of drug-likeness (QED) is 0.118. The molecule has 0 aromatic heterocycles. The van der Waals surface area contributed by atoms with Gasteiger partial charge >= 0.3 is 29.7 Å². The Labute approximate surface area is 207 Å². The van der Waals surface area contributed by atoms with Gasteiger partial charge in [-0.05, 0) is 29.3 Å². The number of carbonyl (C=O) groups excluding carboxylic acids is 1. The summed E-state index contributed by atoms with van der Waals surface area (Å²) in [6.07, 6.45) is -6.08. The molecule has 0 saturated carbocycles. The van der Waals surface area contributed by atoms with E-state index in [9.17, 15) is 33.3 Å². The maximum absolute atomic E-state index is 13.4. The maximum Gasteiger partial charge on any atom is 0.417 e. The number of hydrogen-bond acceptors (Lipinski definition) is 9. The second kappa shape index (κ2) is 8.33. The number of ether oxygens (including phenoxy) is 1. The smallest absolute Gasteiger partial charge is 0.417 e. The summed E-state index contributed by atoms with van der Waals surface area (Å²) < 4.78 is 47.0. The Morgan fingerprint density at radius 2 is 1.84 bits per heavy atom. The van der Waals surface area contributed by atoms with Crippen molar-refractivity contribution in [3.63, 3.8) is 0 Å². The van der Waals surface area contributed by atoms with E-state index >= 15 is 0 Å². The van der Waals surface area contributed by atoms with Gasteiger partial charge in [-0.25, -0.2) is 14.7 Å². The molecule has 11 nitrogen and oxygen atoms in total. The van der Waals surface area contributed by atoms with Gasteiger partial charge in [0.2, 0.25) is 0 Å². The molecular weight excluding hydrogens is 497 g/mol. The molecule has 1 spiro atoms. The molecule has 1 fully saturated rings. The van der Waals surface area contributed by atoms with Crippen molar-refractivity contribution < 1.29 is 47.6 Å². The van der Waals surface area contributed by atoms with E-state index in [2.05, 4.69) is 15.6 Å². The van der Waals surface area contributed by atoms with Crippen LogP contribution in [0.15, 0.2) is 48.5 Å². The van der Waals surface area contributed by atoms with Crippen LogP contribution >= 0.6 is 0 Å². The minimum atomic E-state index is -4.56. The third-order valence-electron chi connectivity index (χ3n) is 7.01. The molecule has 3 heterocycles. The van der Waals surface area contributed by atoms with Crippen molar-refractivity contribution in [1.82, 2.24) is 10.6 Å². The van der Waals surface area contributed by atoms with Gasteiger partial charge in [-0.2, -0.15) is 13.2 Å². The summed E-state index contributed by atoms with van der Waals surface area (Å²) in [7, 11) is 0. The first-order valence-electron chi connectivity index (χ1n) is 11.3. The molecule has 0 aliphatic carbocycles. The predicted molar refractivity (Wildman–Crippen MR) is 121 cm³/mol. The van der Waals surface area contributed by atoms with Crippen LogP contribution in [0, 0.1) is 0 Å². The highest BCUT2D eigenvalue weighted by molar-refractivity contribution is 5.90.